The van der Waals surface area contributed by atoms with Gasteiger partial charge in [0.05, 0.1) is 0 Å². The van der Waals surface area contributed by atoms with Crippen LogP contribution in [0.1, 0.15) is 37.8 Å². The highest BCUT2D eigenvalue weighted by atomic mass is 15.1. The van der Waals surface area contributed by atoms with Crippen molar-refractivity contribution in [2.24, 2.45) is 0 Å². The fourth-order valence-corrected chi connectivity index (χ4v) is 2.28. The highest BCUT2D eigenvalue weighted by molar-refractivity contribution is 5.22. The third-order valence-corrected chi connectivity index (χ3v) is 3.42. The van der Waals surface area contributed by atoms with E-state index in [0.717, 1.165) is 19.6 Å². The SMILES string of the molecule is CCCNCC(CC)N(C)Cc1cccc(C)c1. The van der Waals surface area contributed by atoms with Gasteiger partial charge in [-0.25, -0.2) is 0 Å². The number of hydrogen-bond donors (Lipinski definition) is 1. The summed E-state index contributed by atoms with van der Waals surface area (Å²) in [5.41, 5.74) is 2.75. The molecule has 0 saturated heterocycles. The molecule has 0 aliphatic carbocycles. The Kier molecular flexibility index (Phi) is 6.99. The molecule has 18 heavy (non-hydrogen) atoms. The number of nitrogens with one attached hydrogen (secondary N) is 1. The smallest absolute Gasteiger partial charge is 0.0234 e. The molecule has 2 nitrogen and oxygen atoms in total. The molecule has 1 N–H and O–H groups in total. The number of rotatable bonds is 8. The predicted octanol–water partition coefficient (Wildman–Crippen LogP) is 3.21. The molecule has 2 heteroatoms. The van der Waals surface area contributed by atoms with Crippen LogP contribution in [-0.2, 0) is 6.54 Å². The highest BCUT2D eigenvalue weighted by Crippen LogP contribution is 2.10. The third kappa shape index (κ3) is 5.19. The van der Waals surface area contributed by atoms with Gasteiger partial charge >= 0.3 is 0 Å². The maximum Gasteiger partial charge on any atom is 0.0234 e. The van der Waals surface area contributed by atoms with Crippen LogP contribution in [0.5, 0.6) is 0 Å². The average molecular weight is 248 g/mol. The number of benzene rings is 1. The topological polar surface area (TPSA) is 15.3 Å². The Hall–Kier alpha value is -0.860. The molecule has 0 saturated carbocycles. The molecule has 0 aliphatic heterocycles. The molecule has 0 radical (unpaired) electrons. The van der Waals surface area contributed by atoms with Crippen molar-refractivity contribution in [1.29, 1.82) is 0 Å². The van der Waals surface area contributed by atoms with E-state index >= 15 is 0 Å². The van der Waals surface area contributed by atoms with Gasteiger partial charge in [-0.1, -0.05) is 43.7 Å². The average Bonchev–Trinajstić information content (AvgIpc) is 2.34. The van der Waals surface area contributed by atoms with Crippen molar-refractivity contribution < 1.29 is 0 Å². The third-order valence-electron chi connectivity index (χ3n) is 3.42. The number of nitrogens with zero attached hydrogens (tertiary/aromatic N) is 1. The standard InChI is InChI=1S/C16H28N2/c1-5-10-17-12-16(6-2)18(4)13-15-9-7-8-14(3)11-15/h7-9,11,16-17H,5-6,10,12-13H2,1-4H3. The van der Waals surface area contributed by atoms with E-state index in [1.165, 1.54) is 24.0 Å². The van der Waals surface area contributed by atoms with E-state index in [1.807, 2.05) is 0 Å². The first-order chi connectivity index (χ1) is 8.67. The lowest BCUT2D eigenvalue weighted by molar-refractivity contribution is 0.221. The molecule has 102 valence electrons. The van der Waals surface area contributed by atoms with Gasteiger partial charge in [0.2, 0.25) is 0 Å². The molecule has 1 aromatic rings. The Labute approximate surface area is 112 Å². The van der Waals surface area contributed by atoms with Gasteiger partial charge in [-0.05, 0) is 38.9 Å². The molecular formula is C16H28N2. The van der Waals surface area contributed by atoms with Gasteiger partial charge in [0.1, 0.15) is 0 Å². The summed E-state index contributed by atoms with van der Waals surface area (Å²) in [6, 6.07) is 9.42. The molecule has 1 rings (SSSR count). The molecule has 0 amide bonds. The number of aryl methyl sites for hydroxylation is 1. The van der Waals surface area contributed by atoms with Crippen LogP contribution < -0.4 is 5.32 Å². The van der Waals surface area contributed by atoms with Crippen LogP contribution in [0.2, 0.25) is 0 Å². The molecule has 0 spiro atoms. The van der Waals surface area contributed by atoms with Crippen LogP contribution in [0.15, 0.2) is 24.3 Å². The first-order valence-corrected chi connectivity index (χ1v) is 7.13. The van der Waals surface area contributed by atoms with Gasteiger partial charge in [-0.15, -0.1) is 0 Å². The molecule has 1 aromatic carbocycles. The predicted molar refractivity (Wildman–Crippen MR) is 79.9 cm³/mol. The zero-order chi connectivity index (χ0) is 13.4. The molecule has 0 bridgehead atoms. The van der Waals surface area contributed by atoms with Gasteiger partial charge in [-0.3, -0.25) is 4.90 Å². The van der Waals surface area contributed by atoms with Crippen molar-refractivity contribution in [3.05, 3.63) is 35.4 Å². The van der Waals surface area contributed by atoms with E-state index < -0.39 is 0 Å². The largest absolute Gasteiger partial charge is 0.315 e. The number of hydrogen-bond acceptors (Lipinski definition) is 2. The Morgan fingerprint density at radius 2 is 2.06 bits per heavy atom. The van der Waals surface area contributed by atoms with E-state index in [2.05, 4.69) is 62.3 Å². The quantitative estimate of drug-likeness (QED) is 0.711. The van der Waals surface area contributed by atoms with Crippen molar-refractivity contribution in [3.63, 3.8) is 0 Å². The van der Waals surface area contributed by atoms with E-state index in [4.69, 9.17) is 0 Å². The molecule has 1 unspecified atom stereocenters. The molecule has 0 aliphatic rings. The highest BCUT2D eigenvalue weighted by Gasteiger charge is 2.12. The summed E-state index contributed by atoms with van der Waals surface area (Å²) in [6.07, 6.45) is 2.40. The van der Waals surface area contributed by atoms with Gasteiger partial charge in [0.15, 0.2) is 0 Å². The van der Waals surface area contributed by atoms with Crippen molar-refractivity contribution >= 4 is 0 Å². The van der Waals surface area contributed by atoms with E-state index in [9.17, 15) is 0 Å². The van der Waals surface area contributed by atoms with Crippen molar-refractivity contribution in [1.82, 2.24) is 10.2 Å². The Morgan fingerprint density at radius 1 is 1.28 bits per heavy atom. The fourth-order valence-electron chi connectivity index (χ4n) is 2.28. The van der Waals surface area contributed by atoms with Crippen molar-refractivity contribution in [3.8, 4) is 0 Å². The van der Waals surface area contributed by atoms with Crippen LogP contribution in [0.4, 0.5) is 0 Å². The second-order valence-corrected chi connectivity index (χ2v) is 5.17. The first kappa shape index (κ1) is 15.2. The summed E-state index contributed by atoms with van der Waals surface area (Å²) >= 11 is 0. The molecule has 0 aromatic heterocycles. The summed E-state index contributed by atoms with van der Waals surface area (Å²) in [7, 11) is 2.23. The second-order valence-electron chi connectivity index (χ2n) is 5.17. The fraction of sp³-hybridized carbons (Fsp3) is 0.625. The summed E-state index contributed by atoms with van der Waals surface area (Å²) < 4.78 is 0. The van der Waals surface area contributed by atoms with Crippen LogP contribution in [0.3, 0.4) is 0 Å². The van der Waals surface area contributed by atoms with E-state index in [0.29, 0.717) is 6.04 Å². The summed E-state index contributed by atoms with van der Waals surface area (Å²) in [4.78, 5) is 2.46. The minimum Gasteiger partial charge on any atom is -0.315 e. The molecular weight excluding hydrogens is 220 g/mol. The minimum absolute atomic E-state index is 0.622. The summed E-state index contributed by atoms with van der Waals surface area (Å²) in [5.74, 6) is 0. The van der Waals surface area contributed by atoms with Crippen LogP contribution in [0.25, 0.3) is 0 Å². The Balaban J connectivity index is 2.48. The van der Waals surface area contributed by atoms with Crippen LogP contribution >= 0.6 is 0 Å². The van der Waals surface area contributed by atoms with Gasteiger partial charge in [0.25, 0.3) is 0 Å². The first-order valence-electron chi connectivity index (χ1n) is 7.13. The lowest BCUT2D eigenvalue weighted by atomic mass is 10.1. The maximum atomic E-state index is 3.52. The summed E-state index contributed by atoms with van der Waals surface area (Å²) in [6.45, 7) is 9.88. The Morgan fingerprint density at radius 3 is 2.67 bits per heavy atom. The van der Waals surface area contributed by atoms with Crippen LogP contribution in [-0.4, -0.2) is 31.1 Å². The van der Waals surface area contributed by atoms with Gasteiger partial charge in [0, 0.05) is 19.1 Å². The molecule has 1 atom stereocenters. The second kappa shape index (κ2) is 8.28. The lowest BCUT2D eigenvalue weighted by Crippen LogP contribution is -2.39. The summed E-state index contributed by atoms with van der Waals surface area (Å²) in [5, 5.41) is 3.52. The van der Waals surface area contributed by atoms with E-state index in [1.54, 1.807) is 0 Å². The number of likely N-dealkylation sites (N-methyl/N-ethyl adjacent to an activating group) is 1. The van der Waals surface area contributed by atoms with Crippen molar-refractivity contribution in [2.75, 3.05) is 20.1 Å². The van der Waals surface area contributed by atoms with Crippen molar-refractivity contribution in [2.45, 2.75) is 46.2 Å². The minimum atomic E-state index is 0.622. The normalized spacial score (nSPS) is 12.9. The monoisotopic (exact) mass is 248 g/mol. The lowest BCUT2D eigenvalue weighted by Gasteiger charge is -2.27. The zero-order valence-electron chi connectivity index (χ0n) is 12.4. The molecule has 0 heterocycles. The van der Waals surface area contributed by atoms with Gasteiger partial charge in [-0.2, -0.15) is 0 Å². The van der Waals surface area contributed by atoms with E-state index in [-0.39, 0.29) is 0 Å². The maximum absolute atomic E-state index is 3.52. The molecule has 0 fully saturated rings. The Bertz CT molecular complexity index is 336. The van der Waals surface area contributed by atoms with Gasteiger partial charge < -0.3 is 5.32 Å². The van der Waals surface area contributed by atoms with Crippen LogP contribution in [0, 0.1) is 6.92 Å². The zero-order valence-corrected chi connectivity index (χ0v) is 12.4.